The van der Waals surface area contributed by atoms with Gasteiger partial charge in [0.15, 0.2) is 0 Å². The Labute approximate surface area is 116 Å². The monoisotopic (exact) mass is 273 g/mol. The quantitative estimate of drug-likeness (QED) is 0.475. The Balaban J connectivity index is 4.18. The SMILES string of the molecule is COC(=O)CCN(CCCOC(C)C)C(=O)C(C)C. The summed E-state index contributed by atoms with van der Waals surface area (Å²) in [5, 5.41) is 0. The predicted molar refractivity (Wildman–Crippen MR) is 73.8 cm³/mol. The summed E-state index contributed by atoms with van der Waals surface area (Å²) in [6, 6.07) is 0. The maximum Gasteiger partial charge on any atom is 0.307 e. The van der Waals surface area contributed by atoms with E-state index >= 15 is 0 Å². The molecule has 0 aliphatic carbocycles. The third-order valence-corrected chi connectivity index (χ3v) is 2.64. The molecule has 0 aliphatic heterocycles. The number of carbonyl (C=O) groups excluding carboxylic acids is 2. The number of carbonyl (C=O) groups is 2. The standard InChI is InChI=1S/C14H27NO4/c1-11(2)14(17)15(9-7-13(16)18-5)8-6-10-19-12(3)4/h11-12H,6-10H2,1-5H3. The van der Waals surface area contributed by atoms with E-state index in [-0.39, 0.29) is 30.3 Å². The van der Waals surface area contributed by atoms with Crippen molar-refractivity contribution in [3.05, 3.63) is 0 Å². The Hall–Kier alpha value is -1.10. The molecular formula is C14H27NO4. The molecule has 5 nitrogen and oxygen atoms in total. The summed E-state index contributed by atoms with van der Waals surface area (Å²) < 4.78 is 10.0. The molecule has 0 rings (SSSR count). The molecule has 112 valence electrons. The molecule has 1 amide bonds. The lowest BCUT2D eigenvalue weighted by Gasteiger charge is -2.24. The summed E-state index contributed by atoms with van der Waals surface area (Å²) >= 11 is 0. The van der Waals surface area contributed by atoms with Crippen LogP contribution in [0, 0.1) is 5.92 Å². The summed E-state index contributed by atoms with van der Waals surface area (Å²) in [6.07, 6.45) is 1.21. The number of hydrogen-bond donors (Lipinski definition) is 0. The van der Waals surface area contributed by atoms with Crippen molar-refractivity contribution in [3.8, 4) is 0 Å². The van der Waals surface area contributed by atoms with Crippen molar-refractivity contribution in [3.63, 3.8) is 0 Å². The average molecular weight is 273 g/mol. The van der Waals surface area contributed by atoms with Crippen LogP contribution in [-0.2, 0) is 19.1 Å². The van der Waals surface area contributed by atoms with Gasteiger partial charge < -0.3 is 14.4 Å². The molecule has 0 aromatic rings. The van der Waals surface area contributed by atoms with E-state index in [1.165, 1.54) is 7.11 Å². The minimum atomic E-state index is -0.292. The molecule has 0 aromatic carbocycles. The molecule has 0 spiro atoms. The molecule has 5 heteroatoms. The minimum Gasteiger partial charge on any atom is -0.469 e. The Bertz CT molecular complexity index is 277. The number of rotatable bonds is 9. The van der Waals surface area contributed by atoms with E-state index in [0.717, 1.165) is 6.42 Å². The molecule has 0 saturated heterocycles. The zero-order chi connectivity index (χ0) is 14.8. The molecule has 0 fully saturated rings. The van der Waals surface area contributed by atoms with Crippen LogP contribution in [0.25, 0.3) is 0 Å². The number of amides is 1. The van der Waals surface area contributed by atoms with Gasteiger partial charge >= 0.3 is 5.97 Å². The maximum atomic E-state index is 12.0. The van der Waals surface area contributed by atoms with Gasteiger partial charge in [-0.1, -0.05) is 13.8 Å². The number of methoxy groups -OCH3 is 1. The summed E-state index contributed by atoms with van der Waals surface area (Å²) in [4.78, 5) is 24.9. The first-order valence-corrected chi connectivity index (χ1v) is 6.85. The summed E-state index contributed by atoms with van der Waals surface area (Å²) in [7, 11) is 1.35. The highest BCUT2D eigenvalue weighted by atomic mass is 16.5. The second-order valence-electron chi connectivity index (χ2n) is 5.08. The van der Waals surface area contributed by atoms with Crippen LogP contribution in [0.15, 0.2) is 0 Å². The van der Waals surface area contributed by atoms with E-state index in [1.807, 2.05) is 27.7 Å². The third-order valence-electron chi connectivity index (χ3n) is 2.64. The van der Waals surface area contributed by atoms with Gasteiger partial charge in [0.25, 0.3) is 0 Å². The van der Waals surface area contributed by atoms with Crippen LogP contribution in [-0.4, -0.2) is 49.7 Å². The fraction of sp³-hybridized carbons (Fsp3) is 0.857. The Morgan fingerprint density at radius 1 is 1.11 bits per heavy atom. The highest BCUT2D eigenvalue weighted by Gasteiger charge is 2.17. The van der Waals surface area contributed by atoms with Gasteiger partial charge in [-0.25, -0.2) is 0 Å². The second-order valence-corrected chi connectivity index (χ2v) is 5.08. The van der Waals surface area contributed by atoms with Crippen LogP contribution >= 0.6 is 0 Å². The van der Waals surface area contributed by atoms with E-state index in [4.69, 9.17) is 4.74 Å². The summed E-state index contributed by atoms with van der Waals surface area (Å²) in [5.41, 5.74) is 0. The lowest BCUT2D eigenvalue weighted by molar-refractivity contribution is -0.142. The van der Waals surface area contributed by atoms with Crippen LogP contribution in [0.3, 0.4) is 0 Å². The van der Waals surface area contributed by atoms with E-state index in [2.05, 4.69) is 4.74 Å². The van der Waals surface area contributed by atoms with Gasteiger partial charge in [-0.15, -0.1) is 0 Å². The van der Waals surface area contributed by atoms with Gasteiger partial charge in [0.1, 0.15) is 0 Å². The fourth-order valence-corrected chi connectivity index (χ4v) is 1.60. The first-order valence-electron chi connectivity index (χ1n) is 6.85. The van der Waals surface area contributed by atoms with Crippen LogP contribution in [0.2, 0.25) is 0 Å². The van der Waals surface area contributed by atoms with E-state index in [9.17, 15) is 9.59 Å². The third kappa shape index (κ3) is 8.59. The van der Waals surface area contributed by atoms with Crippen LogP contribution in [0.4, 0.5) is 0 Å². The Kier molecular flexibility index (Phi) is 9.21. The molecule has 0 N–H and O–H groups in total. The smallest absolute Gasteiger partial charge is 0.307 e. The van der Waals surface area contributed by atoms with Gasteiger partial charge in [-0.05, 0) is 20.3 Å². The molecule has 0 saturated carbocycles. The summed E-state index contributed by atoms with van der Waals surface area (Å²) in [5.74, 6) is -0.294. The number of nitrogens with zero attached hydrogens (tertiary/aromatic N) is 1. The highest BCUT2D eigenvalue weighted by molar-refractivity contribution is 5.79. The van der Waals surface area contributed by atoms with Crippen molar-refractivity contribution in [1.82, 2.24) is 4.90 Å². The highest BCUT2D eigenvalue weighted by Crippen LogP contribution is 2.05. The molecule has 0 bridgehead atoms. The molecule has 0 atom stereocenters. The van der Waals surface area contributed by atoms with Crippen LogP contribution in [0.1, 0.15) is 40.5 Å². The molecule has 0 heterocycles. The molecule has 0 aliphatic rings. The lowest BCUT2D eigenvalue weighted by Crippen LogP contribution is -2.37. The first-order chi connectivity index (χ1) is 8.88. The maximum absolute atomic E-state index is 12.0. The van der Waals surface area contributed by atoms with Gasteiger partial charge in [-0.3, -0.25) is 9.59 Å². The largest absolute Gasteiger partial charge is 0.469 e. The van der Waals surface area contributed by atoms with Gasteiger partial charge in [0.05, 0.1) is 19.6 Å². The fourth-order valence-electron chi connectivity index (χ4n) is 1.60. The van der Waals surface area contributed by atoms with Crippen LogP contribution < -0.4 is 0 Å². The summed E-state index contributed by atoms with van der Waals surface area (Å²) in [6.45, 7) is 9.32. The Morgan fingerprint density at radius 2 is 1.74 bits per heavy atom. The molecule has 0 aromatic heterocycles. The van der Waals surface area contributed by atoms with Crippen molar-refractivity contribution >= 4 is 11.9 Å². The van der Waals surface area contributed by atoms with Crippen molar-refractivity contribution in [2.24, 2.45) is 5.92 Å². The number of ether oxygens (including phenoxy) is 2. The topological polar surface area (TPSA) is 55.8 Å². The molecule has 0 radical (unpaired) electrons. The number of esters is 1. The first kappa shape index (κ1) is 17.9. The Morgan fingerprint density at radius 3 is 2.21 bits per heavy atom. The minimum absolute atomic E-state index is 0.0634. The zero-order valence-electron chi connectivity index (χ0n) is 12.8. The second kappa shape index (κ2) is 9.78. The van der Waals surface area contributed by atoms with Gasteiger partial charge in [0, 0.05) is 25.6 Å². The van der Waals surface area contributed by atoms with Crippen LogP contribution in [0.5, 0.6) is 0 Å². The average Bonchev–Trinajstić information content (AvgIpc) is 2.36. The van der Waals surface area contributed by atoms with Crippen molar-refractivity contribution in [1.29, 1.82) is 0 Å². The van der Waals surface area contributed by atoms with E-state index < -0.39 is 0 Å². The lowest BCUT2D eigenvalue weighted by atomic mass is 10.1. The molecular weight excluding hydrogens is 246 g/mol. The molecule has 0 unspecified atom stereocenters. The van der Waals surface area contributed by atoms with Crippen molar-refractivity contribution in [2.75, 3.05) is 26.8 Å². The van der Waals surface area contributed by atoms with Crippen molar-refractivity contribution < 1.29 is 19.1 Å². The van der Waals surface area contributed by atoms with E-state index in [0.29, 0.717) is 19.7 Å². The predicted octanol–water partition coefficient (Wildman–Crippen LogP) is 1.85. The van der Waals surface area contributed by atoms with Crippen molar-refractivity contribution in [2.45, 2.75) is 46.6 Å². The zero-order valence-corrected chi connectivity index (χ0v) is 12.8. The van der Waals surface area contributed by atoms with E-state index in [1.54, 1.807) is 4.90 Å². The number of hydrogen-bond acceptors (Lipinski definition) is 4. The van der Waals surface area contributed by atoms with Gasteiger partial charge in [-0.2, -0.15) is 0 Å². The molecule has 19 heavy (non-hydrogen) atoms. The normalized spacial score (nSPS) is 10.9. The van der Waals surface area contributed by atoms with Gasteiger partial charge in [0.2, 0.25) is 5.91 Å².